The highest BCUT2D eigenvalue weighted by Gasteiger charge is 2.24. The molecule has 0 radical (unpaired) electrons. The van der Waals surface area contributed by atoms with Gasteiger partial charge >= 0.3 is 0 Å². The van der Waals surface area contributed by atoms with E-state index in [1.165, 1.54) is 5.57 Å². The molecule has 0 spiro atoms. The van der Waals surface area contributed by atoms with Gasteiger partial charge in [0.1, 0.15) is 5.76 Å². The summed E-state index contributed by atoms with van der Waals surface area (Å²) < 4.78 is 0. The van der Waals surface area contributed by atoms with Crippen LogP contribution in [0.3, 0.4) is 0 Å². The lowest BCUT2D eigenvalue weighted by Gasteiger charge is -2.16. The lowest BCUT2D eigenvalue weighted by atomic mass is 9.89. The molecular formula is C11H14N2O. The minimum atomic E-state index is 0.136. The third kappa shape index (κ3) is 1.63. The minimum Gasteiger partial charge on any atom is -0.508 e. The average Bonchev–Trinajstić information content (AvgIpc) is 2.47. The Morgan fingerprint density at radius 3 is 3.07 bits per heavy atom. The van der Waals surface area contributed by atoms with Gasteiger partial charge in [0.25, 0.3) is 0 Å². The summed E-state index contributed by atoms with van der Waals surface area (Å²) in [6.45, 7) is 1.97. The van der Waals surface area contributed by atoms with Gasteiger partial charge in [-0.1, -0.05) is 0 Å². The van der Waals surface area contributed by atoms with E-state index < -0.39 is 0 Å². The summed E-state index contributed by atoms with van der Waals surface area (Å²) in [7, 11) is 0. The molecule has 3 heteroatoms. The molecule has 74 valence electrons. The molecule has 0 amide bonds. The molecule has 0 fully saturated rings. The van der Waals surface area contributed by atoms with Gasteiger partial charge in [-0.3, -0.25) is 4.99 Å². The van der Waals surface area contributed by atoms with E-state index in [2.05, 4.69) is 4.99 Å². The van der Waals surface area contributed by atoms with Gasteiger partial charge in [-0.25, -0.2) is 0 Å². The molecule has 2 rings (SSSR count). The number of allylic oxidation sites excluding steroid dienone is 3. The number of hydrogen-bond acceptors (Lipinski definition) is 3. The predicted molar refractivity (Wildman–Crippen MR) is 57.1 cm³/mol. The fraction of sp³-hybridized carbons (Fsp3) is 0.364. The number of hydrogen-bond donors (Lipinski definition) is 2. The van der Waals surface area contributed by atoms with Crippen molar-refractivity contribution in [1.29, 1.82) is 0 Å². The van der Waals surface area contributed by atoms with Crippen molar-refractivity contribution >= 4 is 5.71 Å². The number of aliphatic hydroxyl groups excluding tert-OH is 1. The van der Waals surface area contributed by atoms with Gasteiger partial charge < -0.3 is 10.8 Å². The van der Waals surface area contributed by atoms with Crippen LogP contribution < -0.4 is 5.73 Å². The Morgan fingerprint density at radius 1 is 1.57 bits per heavy atom. The molecule has 3 nitrogen and oxygen atoms in total. The van der Waals surface area contributed by atoms with Gasteiger partial charge in [0.2, 0.25) is 0 Å². The van der Waals surface area contributed by atoms with Crippen LogP contribution in [0.1, 0.15) is 13.3 Å². The number of nitrogens with two attached hydrogens (primary N) is 1. The van der Waals surface area contributed by atoms with Crippen molar-refractivity contribution in [2.45, 2.75) is 19.4 Å². The van der Waals surface area contributed by atoms with Crippen molar-refractivity contribution in [3.63, 3.8) is 0 Å². The molecule has 2 atom stereocenters. The van der Waals surface area contributed by atoms with E-state index in [-0.39, 0.29) is 12.0 Å². The van der Waals surface area contributed by atoms with Gasteiger partial charge in [-0.15, -0.1) is 0 Å². The summed E-state index contributed by atoms with van der Waals surface area (Å²) in [6.07, 6.45) is 8.03. The van der Waals surface area contributed by atoms with E-state index in [9.17, 15) is 5.11 Å². The quantitative estimate of drug-likeness (QED) is 0.696. The number of aliphatic hydroxyl groups is 1. The first kappa shape index (κ1) is 9.21. The van der Waals surface area contributed by atoms with Crippen LogP contribution in [0.25, 0.3) is 0 Å². The second kappa shape index (κ2) is 3.42. The van der Waals surface area contributed by atoms with Crippen molar-refractivity contribution in [3.8, 4) is 0 Å². The third-order valence-electron chi connectivity index (χ3n) is 2.42. The molecule has 0 bridgehead atoms. The standard InChI is InChI=1S/C11H14N2O/c1-7(12)4-8-6-13-11-3-2-9(14)5-10(8)11/h2-3,5-7,10,14H,4,12H2,1H3. The third-order valence-corrected chi connectivity index (χ3v) is 2.42. The molecule has 0 saturated carbocycles. The fourth-order valence-electron chi connectivity index (χ4n) is 1.80. The van der Waals surface area contributed by atoms with Crippen molar-refractivity contribution in [1.82, 2.24) is 0 Å². The highest BCUT2D eigenvalue weighted by atomic mass is 16.3. The first-order chi connectivity index (χ1) is 6.66. The number of rotatable bonds is 2. The molecule has 1 aliphatic heterocycles. The summed E-state index contributed by atoms with van der Waals surface area (Å²) in [5.74, 6) is 0.456. The number of nitrogens with zero attached hydrogens (tertiary/aromatic N) is 1. The molecule has 0 aromatic carbocycles. The lowest BCUT2D eigenvalue weighted by Crippen LogP contribution is -2.20. The topological polar surface area (TPSA) is 58.6 Å². The highest BCUT2D eigenvalue weighted by Crippen LogP contribution is 2.29. The molecule has 2 unspecified atom stereocenters. The highest BCUT2D eigenvalue weighted by molar-refractivity contribution is 6.03. The van der Waals surface area contributed by atoms with E-state index in [0.717, 1.165) is 12.1 Å². The van der Waals surface area contributed by atoms with E-state index >= 15 is 0 Å². The first-order valence-corrected chi connectivity index (χ1v) is 4.78. The normalized spacial score (nSPS) is 26.4. The monoisotopic (exact) mass is 190 g/mol. The summed E-state index contributed by atoms with van der Waals surface area (Å²) in [5.41, 5.74) is 7.92. The molecule has 1 heterocycles. The van der Waals surface area contributed by atoms with Crippen LogP contribution in [0.15, 0.2) is 40.8 Å². The van der Waals surface area contributed by atoms with E-state index in [1.54, 1.807) is 6.08 Å². The maximum Gasteiger partial charge on any atom is 0.112 e. The maximum absolute atomic E-state index is 9.37. The Bertz CT molecular complexity index is 361. The summed E-state index contributed by atoms with van der Waals surface area (Å²) in [6, 6.07) is 0.136. The van der Waals surface area contributed by atoms with Gasteiger partial charge in [0, 0.05) is 18.2 Å². The Labute approximate surface area is 83.3 Å². The van der Waals surface area contributed by atoms with Crippen molar-refractivity contribution in [2.75, 3.05) is 0 Å². The van der Waals surface area contributed by atoms with Crippen molar-refractivity contribution in [3.05, 3.63) is 35.8 Å². The SMILES string of the molecule is CC(N)CC1=CN=C2C=CC(O)=CC12. The average molecular weight is 190 g/mol. The van der Waals surface area contributed by atoms with Crippen LogP contribution in [-0.4, -0.2) is 16.9 Å². The van der Waals surface area contributed by atoms with Gasteiger partial charge in [0.05, 0.1) is 5.71 Å². The molecular weight excluding hydrogens is 176 g/mol. The Hall–Kier alpha value is -1.35. The molecule has 2 aliphatic rings. The van der Waals surface area contributed by atoms with Gasteiger partial charge in [-0.2, -0.15) is 0 Å². The van der Waals surface area contributed by atoms with Gasteiger partial charge in [0.15, 0.2) is 0 Å². The zero-order valence-electron chi connectivity index (χ0n) is 8.14. The molecule has 0 aromatic rings. The van der Waals surface area contributed by atoms with Crippen molar-refractivity contribution in [2.24, 2.45) is 16.6 Å². The van der Waals surface area contributed by atoms with Crippen LogP contribution >= 0.6 is 0 Å². The number of aliphatic imine (C=N–C) groups is 1. The predicted octanol–water partition coefficient (Wildman–Crippen LogP) is 1.69. The molecule has 0 saturated heterocycles. The lowest BCUT2D eigenvalue weighted by molar-refractivity contribution is 0.427. The second-order valence-corrected chi connectivity index (χ2v) is 3.84. The zero-order chi connectivity index (χ0) is 10.1. The van der Waals surface area contributed by atoms with Crippen molar-refractivity contribution < 1.29 is 5.11 Å². The van der Waals surface area contributed by atoms with Crippen LogP contribution in [0.4, 0.5) is 0 Å². The maximum atomic E-state index is 9.37. The van der Waals surface area contributed by atoms with E-state index in [0.29, 0.717) is 5.76 Å². The molecule has 3 N–H and O–H groups in total. The first-order valence-electron chi connectivity index (χ1n) is 4.78. The molecule has 1 aliphatic carbocycles. The minimum absolute atomic E-state index is 0.136. The smallest absolute Gasteiger partial charge is 0.112 e. The Morgan fingerprint density at radius 2 is 2.36 bits per heavy atom. The van der Waals surface area contributed by atoms with E-state index in [1.807, 2.05) is 25.3 Å². The fourth-order valence-corrected chi connectivity index (χ4v) is 1.80. The Kier molecular flexibility index (Phi) is 2.25. The van der Waals surface area contributed by atoms with Crippen LogP contribution in [0.2, 0.25) is 0 Å². The van der Waals surface area contributed by atoms with Gasteiger partial charge in [-0.05, 0) is 37.1 Å². The summed E-state index contributed by atoms with van der Waals surface area (Å²) >= 11 is 0. The second-order valence-electron chi connectivity index (χ2n) is 3.84. The molecule has 0 aromatic heterocycles. The van der Waals surface area contributed by atoms with E-state index in [4.69, 9.17) is 5.73 Å². The van der Waals surface area contributed by atoms with Crippen LogP contribution in [-0.2, 0) is 0 Å². The van der Waals surface area contributed by atoms with Crippen LogP contribution in [0, 0.1) is 5.92 Å². The van der Waals surface area contributed by atoms with Crippen LogP contribution in [0.5, 0.6) is 0 Å². The Balaban J connectivity index is 2.17. The number of fused-ring (bicyclic) bond motifs is 1. The largest absolute Gasteiger partial charge is 0.508 e. The summed E-state index contributed by atoms with van der Waals surface area (Å²) in [4.78, 5) is 4.28. The zero-order valence-corrected chi connectivity index (χ0v) is 8.14. The molecule has 14 heavy (non-hydrogen) atoms. The summed E-state index contributed by atoms with van der Waals surface area (Å²) in [5, 5.41) is 9.37.